The molecule has 0 aliphatic carbocycles. The molecule has 0 saturated heterocycles. The van der Waals surface area contributed by atoms with Crippen LogP contribution in [-0.2, 0) is 6.18 Å². The first kappa shape index (κ1) is 13.8. The summed E-state index contributed by atoms with van der Waals surface area (Å²) in [5.74, 6) is 0. The summed E-state index contributed by atoms with van der Waals surface area (Å²) >= 11 is 0. The molecule has 2 nitrogen and oxygen atoms in total. The highest BCUT2D eigenvalue weighted by molar-refractivity contribution is 5.52. The van der Waals surface area contributed by atoms with Crippen molar-refractivity contribution in [3.63, 3.8) is 0 Å². The van der Waals surface area contributed by atoms with Crippen LogP contribution in [0, 0.1) is 0 Å². The van der Waals surface area contributed by atoms with E-state index in [4.69, 9.17) is 0 Å². The van der Waals surface area contributed by atoms with Crippen LogP contribution >= 0.6 is 0 Å². The lowest BCUT2D eigenvalue weighted by Crippen LogP contribution is -2.18. The summed E-state index contributed by atoms with van der Waals surface area (Å²) in [5, 5.41) is 5.94. The molecule has 2 N–H and O–H groups in total. The molecular formula is C12H17F3N2. The average Bonchev–Trinajstić information content (AvgIpc) is 2.28. The van der Waals surface area contributed by atoms with Crippen molar-refractivity contribution in [2.45, 2.75) is 19.5 Å². The second kappa shape index (κ2) is 6.49. The van der Waals surface area contributed by atoms with E-state index in [-0.39, 0.29) is 5.69 Å². The molecule has 0 amide bonds. The summed E-state index contributed by atoms with van der Waals surface area (Å²) in [5.41, 5.74) is -0.458. The van der Waals surface area contributed by atoms with Gasteiger partial charge in [0, 0.05) is 12.2 Å². The zero-order chi connectivity index (χ0) is 12.7. The molecule has 0 saturated carbocycles. The predicted molar refractivity (Wildman–Crippen MR) is 63.1 cm³/mol. The molecule has 0 aliphatic rings. The largest absolute Gasteiger partial charge is 0.418 e. The van der Waals surface area contributed by atoms with Crippen molar-refractivity contribution < 1.29 is 13.2 Å². The van der Waals surface area contributed by atoms with Crippen LogP contribution < -0.4 is 10.6 Å². The lowest BCUT2D eigenvalue weighted by Gasteiger charge is -2.14. The lowest BCUT2D eigenvalue weighted by molar-refractivity contribution is -0.136. The van der Waals surface area contributed by atoms with Gasteiger partial charge in [-0.15, -0.1) is 0 Å². The van der Waals surface area contributed by atoms with Crippen molar-refractivity contribution in [1.82, 2.24) is 5.32 Å². The Hall–Kier alpha value is -1.23. The van der Waals surface area contributed by atoms with E-state index in [1.807, 2.05) is 6.92 Å². The highest BCUT2D eigenvalue weighted by Crippen LogP contribution is 2.34. The minimum atomic E-state index is -4.30. The highest BCUT2D eigenvalue weighted by atomic mass is 19.4. The van der Waals surface area contributed by atoms with Gasteiger partial charge in [-0.3, -0.25) is 0 Å². The van der Waals surface area contributed by atoms with E-state index < -0.39 is 11.7 Å². The van der Waals surface area contributed by atoms with Crippen molar-refractivity contribution in [1.29, 1.82) is 0 Å². The first-order valence-corrected chi connectivity index (χ1v) is 5.66. The van der Waals surface area contributed by atoms with Crippen LogP contribution in [-0.4, -0.2) is 19.6 Å². The van der Waals surface area contributed by atoms with Crippen LogP contribution in [0.5, 0.6) is 0 Å². The third kappa shape index (κ3) is 4.65. The van der Waals surface area contributed by atoms with Gasteiger partial charge in [0.25, 0.3) is 0 Å². The van der Waals surface area contributed by atoms with E-state index in [1.165, 1.54) is 12.1 Å². The molecule has 0 heterocycles. The number of nitrogens with one attached hydrogen (secondary N) is 2. The minimum Gasteiger partial charge on any atom is -0.385 e. The summed E-state index contributed by atoms with van der Waals surface area (Å²) < 4.78 is 37.9. The van der Waals surface area contributed by atoms with Crippen molar-refractivity contribution in [2.24, 2.45) is 0 Å². The number of alkyl halides is 3. The molecule has 0 bridgehead atoms. The van der Waals surface area contributed by atoms with Gasteiger partial charge in [0.05, 0.1) is 5.56 Å². The zero-order valence-corrected chi connectivity index (χ0v) is 9.77. The van der Waals surface area contributed by atoms with E-state index in [2.05, 4.69) is 10.6 Å². The number of anilines is 1. The molecule has 0 atom stereocenters. The van der Waals surface area contributed by atoms with Gasteiger partial charge in [0.2, 0.25) is 0 Å². The summed E-state index contributed by atoms with van der Waals surface area (Å²) in [4.78, 5) is 0. The fraction of sp³-hybridized carbons (Fsp3) is 0.500. The normalized spacial score (nSPS) is 11.5. The van der Waals surface area contributed by atoms with Gasteiger partial charge >= 0.3 is 6.18 Å². The smallest absolute Gasteiger partial charge is 0.385 e. The van der Waals surface area contributed by atoms with Gasteiger partial charge in [-0.1, -0.05) is 19.1 Å². The molecule has 1 rings (SSSR count). The summed E-state index contributed by atoms with van der Waals surface area (Å²) in [6.07, 6.45) is -3.51. The molecule has 0 aromatic heterocycles. The maximum Gasteiger partial charge on any atom is 0.418 e. The van der Waals surface area contributed by atoms with Crippen molar-refractivity contribution >= 4 is 5.69 Å². The van der Waals surface area contributed by atoms with Crippen LogP contribution in [0.1, 0.15) is 18.9 Å². The highest BCUT2D eigenvalue weighted by Gasteiger charge is 2.32. The van der Waals surface area contributed by atoms with Gasteiger partial charge in [-0.05, 0) is 31.6 Å². The number of para-hydroxylation sites is 1. The Labute approximate surface area is 99.2 Å². The second-order valence-corrected chi connectivity index (χ2v) is 3.68. The van der Waals surface area contributed by atoms with Crippen molar-refractivity contribution in [3.8, 4) is 0 Å². The molecule has 0 unspecified atom stereocenters. The Morgan fingerprint density at radius 1 is 1.12 bits per heavy atom. The third-order valence-electron chi connectivity index (χ3n) is 2.33. The molecule has 0 fully saturated rings. The number of hydrogen-bond acceptors (Lipinski definition) is 2. The maximum atomic E-state index is 12.6. The first-order chi connectivity index (χ1) is 8.05. The predicted octanol–water partition coefficient (Wildman–Crippen LogP) is 3.12. The van der Waals surface area contributed by atoms with E-state index in [0.717, 1.165) is 25.6 Å². The molecule has 5 heteroatoms. The van der Waals surface area contributed by atoms with Crippen molar-refractivity contribution in [3.05, 3.63) is 29.8 Å². The molecular weight excluding hydrogens is 229 g/mol. The summed E-state index contributed by atoms with van der Waals surface area (Å²) in [6.45, 7) is 4.20. The number of halogens is 3. The maximum absolute atomic E-state index is 12.6. The van der Waals surface area contributed by atoms with Crippen LogP contribution in [0.2, 0.25) is 0 Å². The summed E-state index contributed by atoms with van der Waals surface area (Å²) in [7, 11) is 0. The molecule has 0 aliphatic heterocycles. The Balaban J connectivity index is 2.53. The molecule has 0 radical (unpaired) electrons. The minimum absolute atomic E-state index is 0.150. The van der Waals surface area contributed by atoms with Crippen LogP contribution in [0.4, 0.5) is 18.9 Å². The van der Waals surface area contributed by atoms with Crippen LogP contribution in [0.15, 0.2) is 24.3 Å². The van der Waals surface area contributed by atoms with E-state index in [1.54, 1.807) is 6.07 Å². The van der Waals surface area contributed by atoms with E-state index >= 15 is 0 Å². The first-order valence-electron chi connectivity index (χ1n) is 5.66. The fourth-order valence-electron chi connectivity index (χ4n) is 1.50. The van der Waals surface area contributed by atoms with Crippen LogP contribution in [0.25, 0.3) is 0 Å². The topological polar surface area (TPSA) is 24.1 Å². The zero-order valence-electron chi connectivity index (χ0n) is 9.77. The quantitative estimate of drug-likeness (QED) is 0.754. The molecule has 1 aromatic carbocycles. The second-order valence-electron chi connectivity index (χ2n) is 3.68. The molecule has 17 heavy (non-hydrogen) atoms. The Kier molecular flexibility index (Phi) is 5.28. The Morgan fingerprint density at radius 3 is 2.47 bits per heavy atom. The van der Waals surface area contributed by atoms with Gasteiger partial charge in [0.15, 0.2) is 0 Å². The fourth-order valence-corrected chi connectivity index (χ4v) is 1.50. The standard InChI is InChI=1S/C12H17F3N2/c1-2-16-8-5-9-17-11-7-4-3-6-10(11)12(13,14)15/h3-4,6-7,16-17H,2,5,8-9H2,1H3. The monoisotopic (exact) mass is 246 g/mol. The summed E-state index contributed by atoms with van der Waals surface area (Å²) in [6, 6.07) is 5.54. The molecule has 0 spiro atoms. The van der Waals surface area contributed by atoms with E-state index in [0.29, 0.717) is 6.54 Å². The molecule has 96 valence electrons. The SMILES string of the molecule is CCNCCCNc1ccccc1C(F)(F)F. The van der Waals surface area contributed by atoms with Crippen LogP contribution in [0.3, 0.4) is 0 Å². The average molecular weight is 246 g/mol. The Bertz CT molecular complexity index is 337. The van der Waals surface area contributed by atoms with E-state index in [9.17, 15) is 13.2 Å². The number of rotatable bonds is 6. The third-order valence-corrected chi connectivity index (χ3v) is 2.33. The Morgan fingerprint density at radius 2 is 1.82 bits per heavy atom. The number of hydrogen-bond donors (Lipinski definition) is 2. The lowest BCUT2D eigenvalue weighted by atomic mass is 10.1. The van der Waals surface area contributed by atoms with Gasteiger partial charge in [-0.25, -0.2) is 0 Å². The van der Waals surface area contributed by atoms with Crippen molar-refractivity contribution in [2.75, 3.05) is 25.0 Å². The van der Waals surface area contributed by atoms with Gasteiger partial charge in [0.1, 0.15) is 0 Å². The van der Waals surface area contributed by atoms with Gasteiger partial charge < -0.3 is 10.6 Å². The number of benzene rings is 1. The molecule has 1 aromatic rings. The van der Waals surface area contributed by atoms with Gasteiger partial charge in [-0.2, -0.15) is 13.2 Å².